The van der Waals surface area contributed by atoms with Crippen molar-refractivity contribution in [3.05, 3.63) is 52.9 Å². The second-order valence-electron chi connectivity index (χ2n) is 7.86. The number of amides is 3. The third kappa shape index (κ3) is 5.14. The quantitative estimate of drug-likeness (QED) is 0.600. The molecule has 0 radical (unpaired) electrons. The summed E-state index contributed by atoms with van der Waals surface area (Å²) in [4.78, 5) is 34.0. The summed E-state index contributed by atoms with van der Waals surface area (Å²) in [5, 5.41) is 28.5. The van der Waals surface area contributed by atoms with Crippen LogP contribution in [-0.2, 0) is 0 Å². The molecule has 0 saturated carbocycles. The van der Waals surface area contributed by atoms with E-state index in [2.05, 4.69) is 25.7 Å². The molecule has 1 aromatic heterocycles. The first-order valence-electron chi connectivity index (χ1n) is 10.6. The summed E-state index contributed by atoms with van der Waals surface area (Å²) in [6.45, 7) is 0.720. The van der Waals surface area contributed by atoms with Gasteiger partial charge in [0.2, 0.25) is 5.95 Å². The van der Waals surface area contributed by atoms with Gasteiger partial charge in [-0.25, -0.2) is 28.6 Å². The van der Waals surface area contributed by atoms with Gasteiger partial charge in [-0.1, -0.05) is 0 Å². The molecule has 13 heteroatoms. The van der Waals surface area contributed by atoms with Gasteiger partial charge in [-0.3, -0.25) is 4.79 Å². The maximum Gasteiger partial charge on any atom is 0.338 e. The van der Waals surface area contributed by atoms with Gasteiger partial charge in [-0.2, -0.15) is 15.6 Å². The van der Waals surface area contributed by atoms with Crippen LogP contribution in [-0.4, -0.2) is 64.2 Å². The predicted molar refractivity (Wildman–Crippen MR) is 118 cm³/mol. The number of benzene rings is 1. The zero-order chi connectivity index (χ0) is 24.9. The molecule has 0 spiro atoms. The molecule has 4 rings (SSSR count). The van der Waals surface area contributed by atoms with Gasteiger partial charge in [-0.15, -0.1) is 0 Å². The maximum atomic E-state index is 14.1. The lowest BCUT2D eigenvalue weighted by atomic mass is 10.0. The molecule has 35 heavy (non-hydrogen) atoms. The van der Waals surface area contributed by atoms with Crippen molar-refractivity contribution in [3.63, 3.8) is 0 Å². The molecular weight excluding hydrogens is 460 g/mol. The van der Waals surface area contributed by atoms with Crippen LogP contribution in [0.2, 0.25) is 0 Å². The van der Waals surface area contributed by atoms with Crippen molar-refractivity contribution >= 4 is 24.1 Å². The van der Waals surface area contributed by atoms with Crippen LogP contribution in [0.4, 0.5) is 19.5 Å². The van der Waals surface area contributed by atoms with Crippen LogP contribution in [0.3, 0.4) is 0 Å². The van der Waals surface area contributed by atoms with E-state index in [0.717, 1.165) is 12.3 Å². The van der Waals surface area contributed by atoms with Crippen LogP contribution < -0.4 is 10.6 Å². The molecule has 0 bridgehead atoms. The molecule has 3 amide bonds. The number of hydrogen-bond donors (Lipinski definition) is 2. The minimum atomic E-state index is -0.871. The molecule has 2 aliphatic rings. The summed E-state index contributed by atoms with van der Waals surface area (Å²) in [7, 11) is 0. The van der Waals surface area contributed by atoms with Gasteiger partial charge in [0.25, 0.3) is 5.91 Å². The Morgan fingerprint density at radius 2 is 1.97 bits per heavy atom. The molecule has 1 aromatic carbocycles. The smallest absolute Gasteiger partial charge is 0.338 e. The summed E-state index contributed by atoms with van der Waals surface area (Å²) in [6.07, 6.45) is 2.77. The molecule has 178 valence electrons. The standard InChI is InChI=1S/C22H19F2N9O2/c23-16-6-13(8-25)5-15(7-16)18-1-2-30-33(18)22(35)28-4-3-27-21-29-10-17(24)19(31-21)20(34)32-11-14(9-26)12-32/h2,5-7,10,14,18H,1,3-4,11-12H2,(H,28,35)(H,27,29,31)/t18-/m0/s1. The SMILES string of the molecule is N#Cc1cc(F)cc([C@@H]2CC=NN2C(=O)NCCNc2ncc(F)c(C(=O)N3CC(C#N)C3)n2)c1. The van der Waals surface area contributed by atoms with E-state index in [1.165, 1.54) is 28.3 Å². The number of urea groups is 1. The highest BCUT2D eigenvalue weighted by Gasteiger charge is 2.33. The van der Waals surface area contributed by atoms with Gasteiger partial charge in [0.1, 0.15) is 5.82 Å². The first-order chi connectivity index (χ1) is 16.9. The monoisotopic (exact) mass is 479 g/mol. The van der Waals surface area contributed by atoms with E-state index < -0.39 is 35.3 Å². The Labute approximate surface area is 198 Å². The topological polar surface area (TPSA) is 150 Å². The van der Waals surface area contributed by atoms with Crippen molar-refractivity contribution in [2.24, 2.45) is 11.0 Å². The summed E-state index contributed by atoms with van der Waals surface area (Å²) in [5.41, 5.74) is 0.198. The number of anilines is 1. The maximum absolute atomic E-state index is 14.1. The fraction of sp³-hybridized carbons (Fsp3) is 0.318. The van der Waals surface area contributed by atoms with E-state index in [-0.39, 0.29) is 43.6 Å². The highest BCUT2D eigenvalue weighted by atomic mass is 19.1. The van der Waals surface area contributed by atoms with Crippen LogP contribution in [0.5, 0.6) is 0 Å². The number of hydrogen-bond acceptors (Lipinski definition) is 8. The molecule has 11 nitrogen and oxygen atoms in total. The van der Waals surface area contributed by atoms with Crippen LogP contribution in [0.15, 0.2) is 29.5 Å². The van der Waals surface area contributed by atoms with E-state index in [9.17, 15) is 18.4 Å². The van der Waals surface area contributed by atoms with Gasteiger partial charge in [-0.05, 0) is 23.8 Å². The number of halogens is 2. The van der Waals surface area contributed by atoms with Gasteiger partial charge in [0, 0.05) is 38.8 Å². The molecule has 1 atom stereocenters. The molecule has 0 unspecified atom stereocenters. The molecule has 2 N–H and O–H groups in total. The van der Waals surface area contributed by atoms with Crippen molar-refractivity contribution in [2.45, 2.75) is 12.5 Å². The molecule has 2 aliphatic heterocycles. The highest BCUT2D eigenvalue weighted by molar-refractivity contribution is 5.93. The number of carbonyl (C=O) groups excluding carboxylic acids is 2. The number of hydrazone groups is 1. The molecule has 0 aliphatic carbocycles. The predicted octanol–water partition coefficient (Wildman–Crippen LogP) is 1.78. The Morgan fingerprint density at radius 1 is 1.17 bits per heavy atom. The molecule has 1 saturated heterocycles. The molecule has 2 aromatic rings. The number of carbonyl (C=O) groups is 2. The minimum absolute atomic E-state index is 0.00205. The van der Waals surface area contributed by atoms with Crippen LogP contribution >= 0.6 is 0 Å². The van der Waals surface area contributed by atoms with Crippen molar-refractivity contribution in [3.8, 4) is 12.1 Å². The minimum Gasteiger partial charge on any atom is -0.352 e. The Morgan fingerprint density at radius 3 is 2.71 bits per heavy atom. The Kier molecular flexibility index (Phi) is 6.78. The first-order valence-corrected chi connectivity index (χ1v) is 10.6. The lowest BCUT2D eigenvalue weighted by Crippen LogP contribution is -2.49. The Hall–Kier alpha value is -4.65. The van der Waals surface area contributed by atoms with Crippen molar-refractivity contribution in [2.75, 3.05) is 31.5 Å². The zero-order valence-electron chi connectivity index (χ0n) is 18.3. The fourth-order valence-corrected chi connectivity index (χ4v) is 3.66. The lowest BCUT2D eigenvalue weighted by Gasteiger charge is -2.34. The van der Waals surface area contributed by atoms with Crippen molar-refractivity contribution in [1.82, 2.24) is 25.2 Å². The summed E-state index contributed by atoms with van der Waals surface area (Å²) < 4.78 is 27.9. The Bertz CT molecular complexity index is 1260. The molecule has 1 fully saturated rings. The van der Waals surface area contributed by atoms with Gasteiger partial charge >= 0.3 is 6.03 Å². The summed E-state index contributed by atoms with van der Waals surface area (Å²) in [5.74, 6) is -2.33. The Balaban J connectivity index is 1.30. The number of aromatic nitrogens is 2. The summed E-state index contributed by atoms with van der Waals surface area (Å²) in [6, 6.07) is 6.71. The average molecular weight is 479 g/mol. The second kappa shape index (κ2) is 10.1. The van der Waals surface area contributed by atoms with Crippen LogP contribution in [0, 0.1) is 40.2 Å². The normalized spacial score (nSPS) is 16.9. The van der Waals surface area contributed by atoms with E-state index in [1.54, 1.807) is 0 Å². The van der Waals surface area contributed by atoms with Crippen molar-refractivity contribution in [1.29, 1.82) is 10.5 Å². The van der Waals surface area contributed by atoms with Crippen LogP contribution in [0.1, 0.15) is 34.1 Å². The van der Waals surface area contributed by atoms with E-state index >= 15 is 0 Å². The second-order valence-corrected chi connectivity index (χ2v) is 7.86. The molecular formula is C22H19F2N9O2. The van der Waals surface area contributed by atoms with Gasteiger partial charge < -0.3 is 15.5 Å². The number of rotatable bonds is 6. The van der Waals surface area contributed by atoms with Gasteiger partial charge in [0.15, 0.2) is 11.5 Å². The zero-order valence-corrected chi connectivity index (χ0v) is 18.3. The number of nitrogens with zero attached hydrogens (tertiary/aromatic N) is 7. The van der Waals surface area contributed by atoms with Crippen molar-refractivity contribution < 1.29 is 18.4 Å². The number of nitriles is 2. The lowest BCUT2D eigenvalue weighted by molar-refractivity contribution is 0.0565. The van der Waals surface area contributed by atoms with Gasteiger partial charge in [0.05, 0.1) is 35.9 Å². The van der Waals surface area contributed by atoms with Crippen LogP contribution in [0.25, 0.3) is 0 Å². The fourth-order valence-electron chi connectivity index (χ4n) is 3.66. The highest BCUT2D eigenvalue weighted by Crippen LogP contribution is 2.29. The molecule has 3 heterocycles. The first kappa shape index (κ1) is 23.5. The average Bonchev–Trinajstić information content (AvgIpc) is 3.31. The third-order valence-electron chi connectivity index (χ3n) is 5.45. The largest absolute Gasteiger partial charge is 0.352 e. The van der Waals surface area contributed by atoms with E-state index in [4.69, 9.17) is 10.5 Å². The van der Waals surface area contributed by atoms with E-state index in [0.29, 0.717) is 12.0 Å². The number of nitrogens with one attached hydrogen (secondary N) is 2. The third-order valence-corrected chi connectivity index (χ3v) is 5.45. The van der Waals surface area contributed by atoms with E-state index in [1.807, 2.05) is 12.1 Å². The summed E-state index contributed by atoms with van der Waals surface area (Å²) >= 11 is 0. The number of likely N-dealkylation sites (tertiary alicyclic amines) is 1.